The highest BCUT2D eigenvalue weighted by molar-refractivity contribution is 7.92. The van der Waals surface area contributed by atoms with E-state index in [2.05, 4.69) is 5.32 Å². The second-order valence-electron chi connectivity index (χ2n) is 11.4. The lowest BCUT2D eigenvalue weighted by atomic mass is 9.67. The molecule has 2 saturated carbocycles. The Morgan fingerprint density at radius 1 is 1.10 bits per heavy atom. The number of fused-ring (bicyclic) bond motifs is 2. The van der Waals surface area contributed by atoms with Crippen LogP contribution in [0.25, 0.3) is 0 Å². The van der Waals surface area contributed by atoms with Gasteiger partial charge in [0.2, 0.25) is 0 Å². The second-order valence-corrected chi connectivity index (χ2v) is 14.0. The first-order valence-electron chi connectivity index (χ1n) is 12.7. The monoisotopic (exact) mass is 605 g/mol. The minimum Gasteiger partial charge on any atom is -0.388 e. The van der Waals surface area contributed by atoms with Crippen molar-refractivity contribution >= 4 is 33.0 Å². The van der Waals surface area contributed by atoms with Gasteiger partial charge in [0, 0.05) is 23.4 Å². The first-order chi connectivity index (χ1) is 18.4. The van der Waals surface area contributed by atoms with E-state index in [0.29, 0.717) is 18.6 Å². The Labute approximate surface area is 234 Å². The van der Waals surface area contributed by atoms with Crippen LogP contribution in [0.5, 0.6) is 0 Å². The third-order valence-corrected chi connectivity index (χ3v) is 11.0. The van der Waals surface area contributed by atoms with E-state index in [9.17, 15) is 46.8 Å². The van der Waals surface area contributed by atoms with Crippen molar-refractivity contribution in [1.29, 1.82) is 0 Å². The van der Waals surface area contributed by atoms with Crippen molar-refractivity contribution < 1.29 is 46.8 Å². The van der Waals surface area contributed by atoms with E-state index in [1.165, 1.54) is 26.0 Å². The van der Waals surface area contributed by atoms with Gasteiger partial charge in [0.05, 0.1) is 26.4 Å². The number of rotatable bonds is 7. The Hall–Kier alpha value is -2.22. The molecule has 2 aliphatic rings. The van der Waals surface area contributed by atoms with Crippen LogP contribution >= 0.6 is 11.6 Å². The highest BCUT2D eigenvalue weighted by atomic mass is 35.5. The van der Waals surface area contributed by atoms with Crippen LogP contribution in [0, 0.1) is 35.2 Å². The summed E-state index contributed by atoms with van der Waals surface area (Å²) >= 11 is 6.24. The fourth-order valence-corrected chi connectivity index (χ4v) is 8.57. The van der Waals surface area contributed by atoms with Crippen LogP contribution in [0.3, 0.4) is 0 Å². The Kier molecular flexibility index (Phi) is 8.11. The maximum Gasteiger partial charge on any atom is 0.255 e. The Morgan fingerprint density at radius 3 is 2.25 bits per heavy atom. The highest BCUT2D eigenvalue weighted by Gasteiger charge is 2.63. The van der Waals surface area contributed by atoms with Crippen LogP contribution in [-0.2, 0) is 9.84 Å². The number of anilines is 1. The van der Waals surface area contributed by atoms with Gasteiger partial charge >= 0.3 is 0 Å². The number of carbonyl (C=O) groups is 1. The number of nitrogens with one attached hydrogen (secondary N) is 1. The minimum absolute atomic E-state index is 0.0732. The molecule has 1 amide bonds. The van der Waals surface area contributed by atoms with Crippen LogP contribution in [0.1, 0.15) is 50.4 Å². The van der Waals surface area contributed by atoms with E-state index in [1.54, 1.807) is 0 Å². The molecule has 0 spiro atoms. The molecule has 0 aromatic heterocycles. The number of carbonyl (C=O) groups excluding carboxylic acids is 1. The lowest BCUT2D eigenvalue weighted by Gasteiger charge is -2.48. The Balaban J connectivity index is 1.61. The van der Waals surface area contributed by atoms with Gasteiger partial charge in [-0.1, -0.05) is 18.5 Å². The van der Waals surface area contributed by atoms with Crippen LogP contribution in [0.2, 0.25) is 5.02 Å². The van der Waals surface area contributed by atoms with Gasteiger partial charge in [0.25, 0.3) is 5.91 Å². The van der Waals surface area contributed by atoms with Crippen molar-refractivity contribution in [3.63, 3.8) is 0 Å². The van der Waals surface area contributed by atoms with Gasteiger partial charge in [-0.2, -0.15) is 0 Å². The van der Waals surface area contributed by atoms with Gasteiger partial charge in [-0.25, -0.2) is 21.6 Å². The fourth-order valence-electron chi connectivity index (χ4n) is 6.19. The average molecular weight is 606 g/mol. The fraction of sp³-hybridized carbons (Fsp3) is 0.519. The van der Waals surface area contributed by atoms with Crippen LogP contribution < -0.4 is 5.32 Å². The zero-order valence-corrected chi connectivity index (χ0v) is 23.5. The van der Waals surface area contributed by atoms with Crippen LogP contribution in [0.4, 0.5) is 18.9 Å². The molecule has 0 radical (unpaired) electrons. The summed E-state index contributed by atoms with van der Waals surface area (Å²) in [5.41, 5.74) is -4.14. The lowest BCUT2D eigenvalue weighted by Crippen LogP contribution is -2.63. The number of aliphatic hydroxyl groups excluding tert-OH is 2. The first kappa shape index (κ1) is 30.7. The summed E-state index contributed by atoms with van der Waals surface area (Å²) in [5.74, 6) is -7.32. The summed E-state index contributed by atoms with van der Waals surface area (Å²) in [5, 5.41) is 44.2. The standard InChI is InChI=1S/C27H31ClF3NO7S/c1-12-6-14-8-16(11-17(12)27(14,37)24(34)23(33)26(2,3)36)40(38,39)21-7-13(4-5-18(21)28)25(35)32-15-9-19(29)22(31)20(30)10-15/h4-5,7,9-10,12,14,16-17,23-24,33-34,36-37H,6,8,11H2,1-3H3,(H,32,35)/t12-,14?,16+,17?,23?,24?,27+/m0/s1. The molecule has 2 aliphatic carbocycles. The second kappa shape index (κ2) is 10.6. The molecule has 0 aliphatic heterocycles. The number of sulfone groups is 1. The zero-order valence-electron chi connectivity index (χ0n) is 21.9. The largest absolute Gasteiger partial charge is 0.388 e. The molecule has 2 fully saturated rings. The molecule has 8 nitrogen and oxygen atoms in total. The van der Waals surface area contributed by atoms with Gasteiger partial charge < -0.3 is 25.7 Å². The van der Waals surface area contributed by atoms with E-state index >= 15 is 0 Å². The van der Waals surface area contributed by atoms with E-state index in [1.807, 2.05) is 6.92 Å². The number of amides is 1. The molecule has 5 N–H and O–H groups in total. The summed E-state index contributed by atoms with van der Waals surface area (Å²) in [7, 11) is -4.20. The predicted molar refractivity (Wildman–Crippen MR) is 140 cm³/mol. The molecule has 2 aromatic carbocycles. The maximum absolute atomic E-state index is 13.8. The molecular weight excluding hydrogens is 575 g/mol. The van der Waals surface area contributed by atoms with Crippen molar-refractivity contribution in [1.82, 2.24) is 0 Å². The van der Waals surface area contributed by atoms with E-state index in [4.69, 9.17) is 11.6 Å². The number of halogens is 4. The Morgan fingerprint density at radius 2 is 1.70 bits per heavy atom. The van der Waals surface area contributed by atoms with Gasteiger partial charge in [-0.15, -0.1) is 0 Å². The molecule has 7 atom stereocenters. The van der Waals surface area contributed by atoms with Crippen molar-refractivity contribution in [3.05, 3.63) is 58.4 Å². The molecule has 4 rings (SSSR count). The summed E-state index contributed by atoms with van der Waals surface area (Å²) in [6, 6.07) is 4.59. The Bertz CT molecular complexity index is 1410. The number of benzene rings is 2. The number of aliphatic hydroxyl groups is 4. The average Bonchev–Trinajstić information content (AvgIpc) is 2.98. The van der Waals surface area contributed by atoms with Crippen molar-refractivity contribution in [2.75, 3.05) is 5.32 Å². The van der Waals surface area contributed by atoms with E-state index in [0.717, 1.165) is 6.07 Å². The minimum atomic E-state index is -4.20. The molecule has 220 valence electrons. The zero-order chi connectivity index (χ0) is 29.9. The maximum atomic E-state index is 13.8. The number of hydrogen-bond donors (Lipinski definition) is 5. The van der Waals surface area contributed by atoms with Crippen molar-refractivity contribution in [2.45, 2.75) is 73.6 Å². The molecule has 40 heavy (non-hydrogen) atoms. The van der Waals surface area contributed by atoms with Crippen LogP contribution in [-0.4, -0.2) is 63.4 Å². The number of hydrogen-bond acceptors (Lipinski definition) is 7. The van der Waals surface area contributed by atoms with Crippen LogP contribution in [0.15, 0.2) is 35.2 Å². The third kappa shape index (κ3) is 5.25. The van der Waals surface area contributed by atoms with Gasteiger partial charge in [0.15, 0.2) is 27.3 Å². The summed E-state index contributed by atoms with van der Waals surface area (Å²) in [4.78, 5) is 12.4. The molecule has 2 bridgehead atoms. The molecule has 0 saturated heterocycles. The molecule has 2 aromatic rings. The summed E-state index contributed by atoms with van der Waals surface area (Å²) in [6.07, 6.45) is -3.19. The molecule has 4 unspecified atom stereocenters. The molecule has 13 heteroatoms. The van der Waals surface area contributed by atoms with Crippen molar-refractivity contribution in [3.8, 4) is 0 Å². The quantitative estimate of drug-likeness (QED) is 0.304. The highest BCUT2D eigenvalue weighted by Crippen LogP contribution is 2.56. The SMILES string of the molecule is C[C@H]1CC2C[C@@H](S(=O)(=O)c3cc(C(=O)Nc4cc(F)c(F)c(F)c4)ccc3Cl)CC1[C@@]2(O)C(O)C(O)C(C)(C)O. The third-order valence-electron chi connectivity index (χ3n) is 8.33. The topological polar surface area (TPSA) is 144 Å². The van der Waals surface area contributed by atoms with E-state index in [-0.39, 0.29) is 39.9 Å². The van der Waals surface area contributed by atoms with E-state index < -0.39 is 73.7 Å². The van der Waals surface area contributed by atoms with Crippen molar-refractivity contribution in [2.24, 2.45) is 17.8 Å². The summed E-state index contributed by atoms with van der Waals surface area (Å²) < 4.78 is 67.9. The molecule has 0 heterocycles. The van der Waals surface area contributed by atoms with Gasteiger partial charge in [0.1, 0.15) is 12.2 Å². The lowest BCUT2D eigenvalue weighted by molar-refractivity contribution is -0.209. The summed E-state index contributed by atoms with van der Waals surface area (Å²) in [6.45, 7) is 4.40. The van der Waals surface area contributed by atoms with Gasteiger partial charge in [-0.05, 0) is 69.1 Å². The van der Waals surface area contributed by atoms with Gasteiger partial charge in [-0.3, -0.25) is 4.79 Å². The molecular formula is C27H31ClF3NO7S. The predicted octanol–water partition coefficient (Wildman–Crippen LogP) is 3.44. The normalized spacial score (nSPS) is 28.3. The smallest absolute Gasteiger partial charge is 0.255 e. The first-order valence-corrected chi connectivity index (χ1v) is 14.6.